The number of hydrogen-bond acceptors (Lipinski definition) is 7. The lowest BCUT2D eigenvalue weighted by atomic mass is 10.1. The second kappa shape index (κ2) is 9.24. The Labute approximate surface area is 200 Å². The molecule has 2 aromatic rings. The molecule has 0 spiro atoms. The molecular formula is C23H21N3O5S2. The summed E-state index contributed by atoms with van der Waals surface area (Å²) in [7, 11) is 3.03. The molecule has 2 aliphatic heterocycles. The van der Waals surface area contributed by atoms with Gasteiger partial charge in [0.2, 0.25) is 5.91 Å². The number of anilines is 2. The second-order valence-corrected chi connectivity index (χ2v) is 8.79. The minimum absolute atomic E-state index is 0.234. The van der Waals surface area contributed by atoms with Gasteiger partial charge in [-0.2, -0.15) is 0 Å². The van der Waals surface area contributed by atoms with E-state index in [-0.39, 0.29) is 18.0 Å². The minimum atomic E-state index is -0.413. The molecule has 10 heteroatoms. The third-order valence-corrected chi connectivity index (χ3v) is 6.75. The molecule has 1 fully saturated rings. The highest BCUT2D eigenvalue weighted by Gasteiger charge is 2.42. The Kier molecular flexibility index (Phi) is 6.39. The maximum Gasteiger partial charge on any atom is 0.266 e. The number of para-hydroxylation sites is 1. The molecule has 2 heterocycles. The molecule has 0 aromatic heterocycles. The van der Waals surface area contributed by atoms with E-state index in [0.717, 1.165) is 11.8 Å². The van der Waals surface area contributed by atoms with Gasteiger partial charge >= 0.3 is 0 Å². The molecular weight excluding hydrogens is 462 g/mol. The molecule has 1 saturated heterocycles. The van der Waals surface area contributed by atoms with Gasteiger partial charge in [0.1, 0.15) is 22.4 Å². The highest BCUT2D eigenvalue weighted by atomic mass is 32.2. The van der Waals surface area contributed by atoms with Gasteiger partial charge in [0, 0.05) is 18.2 Å². The van der Waals surface area contributed by atoms with Crippen LogP contribution in [0, 0.1) is 0 Å². The summed E-state index contributed by atoms with van der Waals surface area (Å²) in [4.78, 5) is 42.3. The molecule has 0 atom stereocenters. The number of nitrogens with one attached hydrogen (secondary N) is 1. The molecule has 0 radical (unpaired) electrons. The number of methoxy groups -OCH3 is 2. The second-order valence-electron chi connectivity index (χ2n) is 7.14. The molecule has 2 aromatic carbocycles. The van der Waals surface area contributed by atoms with E-state index in [9.17, 15) is 14.4 Å². The van der Waals surface area contributed by atoms with Gasteiger partial charge in [0.25, 0.3) is 11.8 Å². The van der Waals surface area contributed by atoms with Crippen LogP contribution < -0.4 is 19.7 Å². The number of benzene rings is 2. The third-order valence-electron chi connectivity index (χ3n) is 5.30. The van der Waals surface area contributed by atoms with E-state index in [2.05, 4.69) is 5.32 Å². The number of carbonyl (C=O) groups excluding carboxylic acids is 3. The number of nitrogens with zero attached hydrogens (tertiary/aromatic N) is 2. The molecule has 4 rings (SSSR count). The molecule has 0 aliphatic carbocycles. The van der Waals surface area contributed by atoms with Crippen LogP contribution in [0.4, 0.5) is 11.4 Å². The smallest absolute Gasteiger partial charge is 0.266 e. The first kappa shape index (κ1) is 22.8. The minimum Gasteiger partial charge on any atom is -0.497 e. The highest BCUT2D eigenvalue weighted by molar-refractivity contribution is 8.26. The van der Waals surface area contributed by atoms with E-state index in [4.69, 9.17) is 21.7 Å². The van der Waals surface area contributed by atoms with Gasteiger partial charge in [-0.15, -0.1) is 0 Å². The number of ether oxygens (including phenoxy) is 2. The molecule has 8 nitrogen and oxygen atoms in total. The predicted molar refractivity (Wildman–Crippen MR) is 131 cm³/mol. The van der Waals surface area contributed by atoms with Crippen molar-refractivity contribution in [2.24, 2.45) is 0 Å². The van der Waals surface area contributed by atoms with Crippen molar-refractivity contribution in [1.29, 1.82) is 0 Å². The molecule has 0 bridgehead atoms. The van der Waals surface area contributed by atoms with Crippen molar-refractivity contribution >= 4 is 63.0 Å². The zero-order chi connectivity index (χ0) is 23.7. The molecule has 0 unspecified atom stereocenters. The van der Waals surface area contributed by atoms with E-state index in [1.54, 1.807) is 42.5 Å². The van der Waals surface area contributed by atoms with E-state index < -0.39 is 11.8 Å². The van der Waals surface area contributed by atoms with Crippen LogP contribution in [0.5, 0.6) is 11.5 Å². The van der Waals surface area contributed by atoms with Gasteiger partial charge in [-0.25, -0.2) is 0 Å². The lowest BCUT2D eigenvalue weighted by Gasteiger charge is -2.18. The SMILES string of the molecule is CCN1C(=O)/C(=C2/C(=O)N(CC(=O)Nc3ccc(OC)cc3OC)c3ccccc32)SC1=S. The maximum absolute atomic E-state index is 13.4. The van der Waals surface area contributed by atoms with Gasteiger partial charge in [-0.3, -0.25) is 24.2 Å². The van der Waals surface area contributed by atoms with Crippen LogP contribution in [0.3, 0.4) is 0 Å². The van der Waals surface area contributed by atoms with Crippen LogP contribution in [0.2, 0.25) is 0 Å². The fourth-order valence-corrected chi connectivity index (χ4v) is 5.17. The Hall–Kier alpha value is -3.37. The molecule has 0 saturated carbocycles. The van der Waals surface area contributed by atoms with Crippen LogP contribution in [-0.4, -0.2) is 54.3 Å². The van der Waals surface area contributed by atoms with E-state index in [0.29, 0.717) is 44.2 Å². The monoisotopic (exact) mass is 483 g/mol. The van der Waals surface area contributed by atoms with Crippen LogP contribution in [0.1, 0.15) is 12.5 Å². The van der Waals surface area contributed by atoms with Gasteiger partial charge in [-0.1, -0.05) is 42.2 Å². The summed E-state index contributed by atoms with van der Waals surface area (Å²) in [5, 5.41) is 2.78. The van der Waals surface area contributed by atoms with Crippen molar-refractivity contribution in [3.8, 4) is 11.5 Å². The van der Waals surface area contributed by atoms with Crippen molar-refractivity contribution in [3.05, 3.63) is 52.9 Å². The van der Waals surface area contributed by atoms with Crippen molar-refractivity contribution in [1.82, 2.24) is 4.90 Å². The van der Waals surface area contributed by atoms with Crippen LogP contribution >= 0.6 is 24.0 Å². The number of hydrogen-bond donors (Lipinski definition) is 1. The van der Waals surface area contributed by atoms with Crippen LogP contribution in [0.15, 0.2) is 47.4 Å². The molecule has 33 heavy (non-hydrogen) atoms. The lowest BCUT2D eigenvalue weighted by molar-refractivity contribution is -0.122. The zero-order valence-electron chi connectivity index (χ0n) is 18.2. The molecule has 1 N–H and O–H groups in total. The number of thioether (sulfide) groups is 1. The lowest BCUT2D eigenvalue weighted by Crippen LogP contribution is -2.35. The van der Waals surface area contributed by atoms with Crippen molar-refractivity contribution < 1.29 is 23.9 Å². The number of fused-ring (bicyclic) bond motifs is 1. The Morgan fingerprint density at radius 3 is 2.48 bits per heavy atom. The molecule has 2 aliphatic rings. The summed E-state index contributed by atoms with van der Waals surface area (Å²) < 4.78 is 10.9. The number of likely N-dealkylation sites (N-methyl/N-ethyl adjacent to an activating group) is 1. The van der Waals surface area contributed by atoms with Gasteiger partial charge < -0.3 is 14.8 Å². The van der Waals surface area contributed by atoms with Crippen molar-refractivity contribution in [2.45, 2.75) is 6.92 Å². The third kappa shape index (κ3) is 4.07. The Morgan fingerprint density at radius 1 is 1.06 bits per heavy atom. The summed E-state index contributed by atoms with van der Waals surface area (Å²) in [6.45, 7) is 2.02. The fraction of sp³-hybridized carbons (Fsp3) is 0.217. The molecule has 3 amide bonds. The van der Waals surface area contributed by atoms with Crippen molar-refractivity contribution in [3.63, 3.8) is 0 Å². The average Bonchev–Trinajstić information content (AvgIpc) is 3.25. The fourth-order valence-electron chi connectivity index (χ4n) is 3.71. The first-order valence-electron chi connectivity index (χ1n) is 10.1. The summed E-state index contributed by atoms with van der Waals surface area (Å²) >= 11 is 6.42. The number of rotatable bonds is 6. The highest BCUT2D eigenvalue weighted by Crippen LogP contribution is 2.44. The summed E-state index contributed by atoms with van der Waals surface area (Å²) in [6, 6.07) is 12.1. The van der Waals surface area contributed by atoms with Gasteiger partial charge in [0.05, 0.1) is 36.1 Å². The largest absolute Gasteiger partial charge is 0.497 e. The normalized spacial score (nSPS) is 17.5. The van der Waals surface area contributed by atoms with Crippen LogP contribution in [0.25, 0.3) is 5.57 Å². The Bertz CT molecular complexity index is 1210. The Morgan fingerprint density at radius 2 is 1.82 bits per heavy atom. The summed E-state index contributed by atoms with van der Waals surface area (Å²) in [5.74, 6) is -0.101. The summed E-state index contributed by atoms with van der Waals surface area (Å²) in [6.07, 6.45) is 0. The van der Waals surface area contributed by atoms with Gasteiger partial charge in [-0.05, 0) is 25.1 Å². The molecule has 170 valence electrons. The van der Waals surface area contributed by atoms with Gasteiger partial charge in [0.15, 0.2) is 0 Å². The first-order valence-corrected chi connectivity index (χ1v) is 11.3. The number of thiocarbonyl (C=S) groups is 1. The van der Waals surface area contributed by atoms with Crippen molar-refractivity contribution in [2.75, 3.05) is 37.5 Å². The predicted octanol–water partition coefficient (Wildman–Crippen LogP) is 3.28. The maximum atomic E-state index is 13.4. The number of amides is 3. The zero-order valence-corrected chi connectivity index (χ0v) is 19.8. The average molecular weight is 484 g/mol. The topological polar surface area (TPSA) is 88.2 Å². The quantitative estimate of drug-likeness (QED) is 0.498. The summed E-state index contributed by atoms with van der Waals surface area (Å²) in [5.41, 5.74) is 1.89. The van der Waals surface area contributed by atoms with E-state index in [1.165, 1.54) is 24.0 Å². The number of carbonyl (C=O) groups is 3. The van der Waals surface area contributed by atoms with E-state index in [1.807, 2.05) is 6.92 Å². The Balaban J connectivity index is 1.63. The van der Waals surface area contributed by atoms with Crippen LogP contribution in [-0.2, 0) is 14.4 Å². The standard InChI is InChI=1S/C23H21N3O5S2/c1-4-25-22(29)20(33-23(25)32)19-14-7-5-6-8-16(14)26(21(19)28)12-18(27)24-15-10-9-13(30-2)11-17(15)31-3/h5-11H,4,12H2,1-3H3,(H,24,27)/b20-19-. The van der Waals surface area contributed by atoms with E-state index >= 15 is 0 Å². The first-order chi connectivity index (χ1) is 15.9.